The summed E-state index contributed by atoms with van der Waals surface area (Å²) in [7, 11) is 0. The van der Waals surface area contributed by atoms with E-state index in [1.165, 1.54) is 31.7 Å². The van der Waals surface area contributed by atoms with E-state index in [-0.39, 0.29) is 5.82 Å². The zero-order chi connectivity index (χ0) is 16.1. The van der Waals surface area contributed by atoms with Crippen LogP contribution in [0.25, 0.3) is 0 Å². The Labute approximate surface area is 138 Å². The van der Waals surface area contributed by atoms with Crippen molar-refractivity contribution in [2.75, 3.05) is 44.2 Å². The number of aliphatic hydroxyl groups is 1. The van der Waals surface area contributed by atoms with Crippen molar-refractivity contribution in [3.8, 4) is 0 Å². The van der Waals surface area contributed by atoms with Crippen molar-refractivity contribution in [3.05, 3.63) is 29.6 Å². The zero-order valence-electron chi connectivity index (χ0n) is 13.8. The number of nitrogens with zero attached hydrogens (tertiary/aromatic N) is 2. The maximum atomic E-state index is 14.2. The van der Waals surface area contributed by atoms with E-state index in [4.69, 9.17) is 0 Å². The predicted molar refractivity (Wildman–Crippen MR) is 91.2 cm³/mol. The van der Waals surface area contributed by atoms with E-state index >= 15 is 0 Å². The molecule has 2 fully saturated rings. The zero-order valence-corrected chi connectivity index (χ0v) is 13.8. The summed E-state index contributed by atoms with van der Waals surface area (Å²) in [6, 6.07) is 5.32. The maximum absolute atomic E-state index is 14.2. The van der Waals surface area contributed by atoms with Gasteiger partial charge in [-0.25, -0.2) is 4.39 Å². The van der Waals surface area contributed by atoms with Crippen LogP contribution in [0.5, 0.6) is 0 Å². The Morgan fingerprint density at radius 2 is 1.78 bits per heavy atom. The van der Waals surface area contributed by atoms with E-state index in [9.17, 15) is 9.50 Å². The molecule has 5 heteroatoms. The Balaban J connectivity index is 1.52. The highest BCUT2D eigenvalue weighted by Gasteiger charge is 2.19. The summed E-state index contributed by atoms with van der Waals surface area (Å²) in [5, 5.41) is 13.4. The third kappa shape index (κ3) is 4.43. The van der Waals surface area contributed by atoms with Gasteiger partial charge in [-0.2, -0.15) is 0 Å². The molecule has 0 spiro atoms. The van der Waals surface area contributed by atoms with Crippen LogP contribution in [0.4, 0.5) is 10.1 Å². The molecule has 0 aliphatic carbocycles. The molecule has 1 unspecified atom stereocenters. The number of hydrogen-bond donors (Lipinski definition) is 2. The monoisotopic (exact) mass is 321 g/mol. The van der Waals surface area contributed by atoms with E-state index in [1.54, 1.807) is 6.07 Å². The first kappa shape index (κ1) is 16.7. The molecule has 2 aliphatic heterocycles. The van der Waals surface area contributed by atoms with Gasteiger partial charge in [-0.3, -0.25) is 0 Å². The van der Waals surface area contributed by atoms with Crippen LogP contribution in [0.1, 0.15) is 31.2 Å². The molecule has 0 bridgehead atoms. The molecule has 23 heavy (non-hydrogen) atoms. The molecule has 0 saturated carbocycles. The van der Waals surface area contributed by atoms with Crippen LogP contribution >= 0.6 is 0 Å². The van der Waals surface area contributed by atoms with Gasteiger partial charge in [0.05, 0.1) is 6.10 Å². The molecule has 0 amide bonds. The van der Waals surface area contributed by atoms with Crippen LogP contribution in [-0.2, 0) is 6.54 Å². The van der Waals surface area contributed by atoms with Crippen molar-refractivity contribution >= 4 is 5.69 Å². The summed E-state index contributed by atoms with van der Waals surface area (Å²) < 4.78 is 14.2. The minimum Gasteiger partial charge on any atom is -0.390 e. The molecule has 1 atom stereocenters. The highest BCUT2D eigenvalue weighted by Crippen LogP contribution is 2.26. The first-order valence-corrected chi connectivity index (χ1v) is 8.87. The van der Waals surface area contributed by atoms with Crippen molar-refractivity contribution in [1.82, 2.24) is 10.2 Å². The Morgan fingerprint density at radius 1 is 1.09 bits per heavy atom. The van der Waals surface area contributed by atoms with Crippen molar-refractivity contribution in [2.45, 2.75) is 38.3 Å². The first-order valence-electron chi connectivity index (χ1n) is 8.87. The second kappa shape index (κ2) is 8.08. The van der Waals surface area contributed by atoms with Gasteiger partial charge in [0.25, 0.3) is 0 Å². The van der Waals surface area contributed by atoms with Gasteiger partial charge < -0.3 is 20.2 Å². The molecular formula is C18H28FN3O. The van der Waals surface area contributed by atoms with Crippen LogP contribution in [0, 0.1) is 5.82 Å². The molecule has 2 N–H and O–H groups in total. The van der Waals surface area contributed by atoms with E-state index in [0.717, 1.165) is 37.4 Å². The smallest absolute Gasteiger partial charge is 0.129 e. The van der Waals surface area contributed by atoms with Crippen LogP contribution in [0.2, 0.25) is 0 Å². The molecule has 128 valence electrons. The Kier molecular flexibility index (Phi) is 5.86. The van der Waals surface area contributed by atoms with Gasteiger partial charge in [0.2, 0.25) is 0 Å². The van der Waals surface area contributed by atoms with Crippen LogP contribution in [0.3, 0.4) is 0 Å². The van der Waals surface area contributed by atoms with Gasteiger partial charge >= 0.3 is 0 Å². The van der Waals surface area contributed by atoms with Crippen molar-refractivity contribution in [3.63, 3.8) is 0 Å². The van der Waals surface area contributed by atoms with Gasteiger partial charge in [0, 0.05) is 44.0 Å². The minimum atomic E-state index is -0.393. The van der Waals surface area contributed by atoms with E-state index in [1.807, 2.05) is 6.07 Å². The third-order valence-electron chi connectivity index (χ3n) is 4.89. The molecule has 2 heterocycles. The average molecular weight is 321 g/mol. The van der Waals surface area contributed by atoms with Crippen molar-refractivity contribution in [1.29, 1.82) is 0 Å². The largest absolute Gasteiger partial charge is 0.390 e. The molecule has 2 aliphatic rings. The average Bonchev–Trinajstić information content (AvgIpc) is 3.22. The fourth-order valence-corrected chi connectivity index (χ4v) is 3.67. The van der Waals surface area contributed by atoms with Gasteiger partial charge in [-0.15, -0.1) is 0 Å². The number of hydrogen-bond acceptors (Lipinski definition) is 4. The molecule has 0 radical (unpaired) electrons. The van der Waals surface area contributed by atoms with E-state index < -0.39 is 6.10 Å². The highest BCUT2D eigenvalue weighted by atomic mass is 19.1. The van der Waals surface area contributed by atoms with E-state index in [2.05, 4.69) is 15.1 Å². The summed E-state index contributed by atoms with van der Waals surface area (Å²) in [6.07, 6.45) is 4.43. The second-order valence-corrected chi connectivity index (χ2v) is 6.72. The molecule has 0 aromatic heterocycles. The first-order chi connectivity index (χ1) is 11.2. The fourth-order valence-electron chi connectivity index (χ4n) is 3.67. The summed E-state index contributed by atoms with van der Waals surface area (Å²) in [5.74, 6) is -0.157. The second-order valence-electron chi connectivity index (χ2n) is 6.72. The number of β-amino-alcohol motifs (C(OH)–C–C–N with tert-alkyl or cyclic N) is 1. The molecular weight excluding hydrogens is 293 g/mol. The number of rotatable bonds is 7. The SMILES string of the molecule is OC(CNCc1c(F)cccc1N1CCCC1)CN1CCCC1. The van der Waals surface area contributed by atoms with Gasteiger partial charge in [-0.05, 0) is 50.9 Å². The van der Waals surface area contributed by atoms with Gasteiger partial charge in [0.1, 0.15) is 5.82 Å². The van der Waals surface area contributed by atoms with Crippen LogP contribution in [-0.4, -0.2) is 55.4 Å². The molecule has 1 aromatic rings. The van der Waals surface area contributed by atoms with Crippen LogP contribution < -0.4 is 10.2 Å². The number of halogens is 1. The maximum Gasteiger partial charge on any atom is 0.129 e. The molecule has 4 nitrogen and oxygen atoms in total. The lowest BCUT2D eigenvalue weighted by Gasteiger charge is -2.23. The number of anilines is 1. The third-order valence-corrected chi connectivity index (χ3v) is 4.89. The van der Waals surface area contributed by atoms with Gasteiger partial charge in [0.15, 0.2) is 0 Å². The summed E-state index contributed by atoms with van der Waals surface area (Å²) in [4.78, 5) is 4.56. The lowest BCUT2D eigenvalue weighted by molar-refractivity contribution is 0.123. The molecule has 2 saturated heterocycles. The Hall–Kier alpha value is -1.17. The fraction of sp³-hybridized carbons (Fsp3) is 0.667. The minimum absolute atomic E-state index is 0.157. The highest BCUT2D eigenvalue weighted by molar-refractivity contribution is 5.54. The molecule has 1 aromatic carbocycles. The Morgan fingerprint density at radius 3 is 2.52 bits per heavy atom. The Bertz CT molecular complexity index is 499. The predicted octanol–water partition coefficient (Wildman–Crippen LogP) is 1.97. The van der Waals surface area contributed by atoms with E-state index in [0.29, 0.717) is 19.6 Å². The lowest BCUT2D eigenvalue weighted by atomic mass is 10.1. The summed E-state index contributed by atoms with van der Waals surface area (Å²) in [5.41, 5.74) is 1.73. The molecule has 3 rings (SSSR count). The van der Waals surface area contributed by atoms with Crippen molar-refractivity contribution in [2.24, 2.45) is 0 Å². The van der Waals surface area contributed by atoms with Crippen molar-refractivity contribution < 1.29 is 9.50 Å². The van der Waals surface area contributed by atoms with Gasteiger partial charge in [-0.1, -0.05) is 6.07 Å². The summed E-state index contributed by atoms with van der Waals surface area (Å²) >= 11 is 0. The normalized spacial score (nSPS) is 20.3. The lowest BCUT2D eigenvalue weighted by Crippen LogP contribution is -2.37. The topological polar surface area (TPSA) is 38.7 Å². The number of aliphatic hydroxyl groups excluding tert-OH is 1. The number of nitrogens with one attached hydrogen (secondary N) is 1. The quantitative estimate of drug-likeness (QED) is 0.805. The standard InChI is InChI=1S/C18H28FN3O/c19-17-6-5-7-18(22-10-3-4-11-22)16(17)13-20-12-15(23)14-21-8-1-2-9-21/h5-7,15,20,23H,1-4,8-14H2. The van der Waals surface area contributed by atoms with Crippen LogP contribution in [0.15, 0.2) is 18.2 Å². The number of benzene rings is 1. The summed E-state index contributed by atoms with van der Waals surface area (Å²) in [6.45, 7) is 5.87. The number of likely N-dealkylation sites (tertiary alicyclic amines) is 1.